The number of nitrogens with one attached hydrogen (secondary N) is 4. The molecule has 0 aliphatic carbocycles. The Balaban J connectivity index is 1.58. The highest BCUT2D eigenvalue weighted by molar-refractivity contribution is 6.10. The number of aryl methyl sites for hydroxylation is 1. The number of dihydropyridines is 1. The van der Waals surface area contributed by atoms with E-state index < -0.39 is 29.8 Å². The molecule has 2 aromatic heterocycles. The van der Waals surface area contributed by atoms with Crippen molar-refractivity contribution in [2.45, 2.75) is 31.8 Å². The molecule has 1 atom stereocenters. The molecule has 17 heteroatoms. The summed E-state index contributed by atoms with van der Waals surface area (Å²) in [6, 6.07) is 0.925. The van der Waals surface area contributed by atoms with Gasteiger partial charge in [0.2, 0.25) is 6.54 Å². The molecule has 0 radical (unpaired) electrons. The average molecular weight is 525 g/mol. The molecule has 3 heterocycles. The van der Waals surface area contributed by atoms with Crippen LogP contribution in [0.1, 0.15) is 29.2 Å². The van der Waals surface area contributed by atoms with Crippen molar-refractivity contribution < 1.29 is 24.2 Å². The van der Waals surface area contributed by atoms with Crippen molar-refractivity contribution in [3.05, 3.63) is 52.7 Å². The number of carbonyl (C=O) groups is 3. The predicted molar refractivity (Wildman–Crippen MR) is 131 cm³/mol. The SMILES string of the molecule is [C-]#[N+]CCn1nnnc1CC[C@H](NC(=O)c1ccc(NC(=O)NC2=C(O)CC(N)=NC2=N)cn1)C(=O)OC. The van der Waals surface area contributed by atoms with E-state index in [1.54, 1.807) is 0 Å². The van der Waals surface area contributed by atoms with E-state index in [4.69, 9.17) is 22.5 Å². The van der Waals surface area contributed by atoms with Gasteiger partial charge in [-0.1, -0.05) is 0 Å². The molecule has 38 heavy (non-hydrogen) atoms. The third kappa shape index (κ3) is 7.07. The van der Waals surface area contributed by atoms with Crippen molar-refractivity contribution in [3.8, 4) is 0 Å². The van der Waals surface area contributed by atoms with E-state index in [0.717, 1.165) is 0 Å². The maximum absolute atomic E-state index is 12.7. The van der Waals surface area contributed by atoms with Gasteiger partial charge in [-0.05, 0) is 29.0 Å². The number of hydrogen-bond acceptors (Lipinski definition) is 11. The van der Waals surface area contributed by atoms with E-state index in [-0.39, 0.29) is 54.5 Å². The van der Waals surface area contributed by atoms with Gasteiger partial charge in [0.05, 0.1) is 25.4 Å². The molecule has 0 saturated heterocycles. The number of tetrazole rings is 1. The molecule has 0 spiro atoms. The zero-order valence-corrected chi connectivity index (χ0v) is 20.1. The predicted octanol–water partition coefficient (Wildman–Crippen LogP) is -0.479. The second-order valence-corrected chi connectivity index (χ2v) is 7.75. The third-order valence-electron chi connectivity index (χ3n) is 5.10. The molecule has 3 amide bonds. The summed E-state index contributed by atoms with van der Waals surface area (Å²) in [6.45, 7) is 7.38. The van der Waals surface area contributed by atoms with E-state index in [9.17, 15) is 19.5 Å². The molecule has 2 aromatic rings. The summed E-state index contributed by atoms with van der Waals surface area (Å²) in [7, 11) is 1.19. The van der Waals surface area contributed by atoms with Gasteiger partial charge in [-0.2, -0.15) is 0 Å². The van der Waals surface area contributed by atoms with Crippen molar-refractivity contribution in [2.24, 2.45) is 10.7 Å². The van der Waals surface area contributed by atoms with Gasteiger partial charge in [-0.3, -0.25) is 10.2 Å². The topological polar surface area (TPSA) is 240 Å². The van der Waals surface area contributed by atoms with Gasteiger partial charge in [0.1, 0.15) is 35.6 Å². The number of nitrogens with two attached hydrogens (primary N) is 1. The van der Waals surface area contributed by atoms with Crippen LogP contribution in [0, 0.1) is 12.0 Å². The number of anilines is 1. The van der Waals surface area contributed by atoms with Crippen LogP contribution in [0.15, 0.2) is 34.8 Å². The number of carbonyl (C=O) groups excluding carboxylic acids is 3. The number of amides is 3. The number of esters is 1. The Bertz CT molecular complexity index is 1320. The van der Waals surface area contributed by atoms with Crippen LogP contribution in [0.25, 0.3) is 4.85 Å². The minimum absolute atomic E-state index is 0.0361. The summed E-state index contributed by atoms with van der Waals surface area (Å²) in [5, 5.41) is 36.2. The Morgan fingerprint density at radius 2 is 2.13 bits per heavy atom. The normalized spacial score (nSPS) is 13.7. The number of amidine groups is 2. The lowest BCUT2D eigenvalue weighted by Gasteiger charge is -2.17. The fraction of sp³-hybridized carbons (Fsp3) is 0.333. The molecule has 17 nitrogen and oxygen atoms in total. The summed E-state index contributed by atoms with van der Waals surface area (Å²) in [5.74, 6) is -1.54. The molecule has 0 unspecified atom stereocenters. The van der Waals surface area contributed by atoms with Crippen molar-refractivity contribution in [3.63, 3.8) is 0 Å². The highest BCUT2D eigenvalue weighted by Gasteiger charge is 2.24. The minimum Gasteiger partial charge on any atom is -0.510 e. The summed E-state index contributed by atoms with van der Waals surface area (Å²) >= 11 is 0. The molecule has 3 rings (SSSR count). The van der Waals surface area contributed by atoms with Gasteiger partial charge < -0.3 is 36.4 Å². The van der Waals surface area contributed by atoms with Crippen molar-refractivity contribution in [1.29, 1.82) is 5.41 Å². The number of rotatable bonds is 10. The summed E-state index contributed by atoms with van der Waals surface area (Å²) in [5.41, 5.74) is 5.48. The van der Waals surface area contributed by atoms with Crippen LogP contribution in [0.2, 0.25) is 0 Å². The van der Waals surface area contributed by atoms with Gasteiger partial charge in [0.25, 0.3) is 5.91 Å². The van der Waals surface area contributed by atoms with Crippen LogP contribution < -0.4 is 21.7 Å². The Morgan fingerprint density at radius 1 is 1.34 bits per heavy atom. The molecule has 7 N–H and O–H groups in total. The first-order valence-corrected chi connectivity index (χ1v) is 11.1. The summed E-state index contributed by atoms with van der Waals surface area (Å²) in [4.78, 5) is 48.1. The summed E-state index contributed by atoms with van der Waals surface area (Å²) < 4.78 is 6.24. The van der Waals surface area contributed by atoms with Gasteiger partial charge in [0, 0.05) is 6.42 Å². The number of pyridine rings is 1. The number of aliphatic imine (C=N–C) groups is 1. The monoisotopic (exact) mass is 524 g/mol. The number of nitrogens with zero attached hydrogens (tertiary/aromatic N) is 7. The molecule has 1 aliphatic heterocycles. The third-order valence-corrected chi connectivity index (χ3v) is 5.10. The molecular weight excluding hydrogens is 500 g/mol. The average Bonchev–Trinajstić information content (AvgIpc) is 3.34. The standard InChI is InChI=1S/C21H24N12O5/c1-24-7-8-33-16(30-31-32-33)6-5-13(20(36)38-2)27-19(35)12-4-3-11(10-25-12)26-21(37)29-17-14(34)9-15(22)28-18(17)23/h3-4,10,13,34H,5-9H2,2H3,(H,27,35)(H3,22,23,28)(H2,26,29,37)/t13-/m0/s1. The molecule has 1 aliphatic rings. The van der Waals surface area contributed by atoms with Crippen molar-refractivity contribution >= 4 is 35.3 Å². The number of methoxy groups -OCH3 is 1. The van der Waals surface area contributed by atoms with Gasteiger partial charge in [-0.25, -0.2) is 30.8 Å². The smallest absolute Gasteiger partial charge is 0.328 e. The van der Waals surface area contributed by atoms with Gasteiger partial charge >= 0.3 is 12.0 Å². The first-order chi connectivity index (χ1) is 18.2. The first-order valence-electron chi connectivity index (χ1n) is 11.1. The van der Waals surface area contributed by atoms with Crippen LogP contribution in [0.5, 0.6) is 0 Å². The van der Waals surface area contributed by atoms with Gasteiger partial charge in [0.15, 0.2) is 11.7 Å². The molecular formula is C21H24N12O5. The van der Waals surface area contributed by atoms with E-state index in [0.29, 0.717) is 12.4 Å². The zero-order chi connectivity index (χ0) is 27.7. The number of ether oxygens (including phenoxy) is 1. The maximum atomic E-state index is 12.7. The Labute approximate surface area is 215 Å². The zero-order valence-electron chi connectivity index (χ0n) is 20.1. The number of urea groups is 1. The lowest BCUT2D eigenvalue weighted by molar-refractivity contribution is -0.143. The quantitative estimate of drug-likeness (QED) is 0.172. The summed E-state index contributed by atoms with van der Waals surface area (Å²) in [6.07, 6.45) is 1.47. The van der Waals surface area contributed by atoms with Crippen LogP contribution >= 0.6 is 0 Å². The second kappa shape index (κ2) is 12.5. The lowest BCUT2D eigenvalue weighted by Crippen LogP contribution is -2.42. The number of aliphatic hydroxyl groups excluding tert-OH is 1. The molecule has 0 aromatic carbocycles. The second-order valence-electron chi connectivity index (χ2n) is 7.75. The Kier molecular flexibility index (Phi) is 8.96. The van der Waals surface area contributed by atoms with Crippen molar-refractivity contribution in [2.75, 3.05) is 19.0 Å². The molecule has 0 bridgehead atoms. The van der Waals surface area contributed by atoms with Crippen LogP contribution in [0.3, 0.4) is 0 Å². The largest absolute Gasteiger partial charge is 0.510 e. The lowest BCUT2D eigenvalue weighted by atomic mass is 10.1. The van der Waals surface area contributed by atoms with Gasteiger partial charge in [-0.15, -0.1) is 5.10 Å². The first kappa shape index (κ1) is 27.2. The highest BCUT2D eigenvalue weighted by atomic mass is 16.5. The Morgan fingerprint density at radius 3 is 2.79 bits per heavy atom. The molecule has 198 valence electrons. The van der Waals surface area contributed by atoms with E-state index in [1.807, 2.05) is 0 Å². The number of aromatic nitrogens is 5. The van der Waals surface area contributed by atoms with Crippen molar-refractivity contribution in [1.82, 2.24) is 35.8 Å². The fourth-order valence-corrected chi connectivity index (χ4v) is 3.26. The molecule has 0 fully saturated rings. The fourth-order valence-electron chi connectivity index (χ4n) is 3.26. The van der Waals surface area contributed by atoms with E-state index in [2.05, 4.69) is 46.3 Å². The minimum atomic E-state index is -1.02. The van der Waals surface area contributed by atoms with Crippen LogP contribution in [-0.4, -0.2) is 79.6 Å². The highest BCUT2D eigenvalue weighted by Crippen LogP contribution is 2.13. The van der Waals surface area contributed by atoms with E-state index >= 15 is 0 Å². The molecule has 0 saturated carbocycles. The van der Waals surface area contributed by atoms with E-state index in [1.165, 1.54) is 30.1 Å². The number of aliphatic hydroxyl groups is 1. The van der Waals surface area contributed by atoms with Crippen LogP contribution in [0.4, 0.5) is 10.5 Å². The Hall–Kier alpha value is -5.40. The maximum Gasteiger partial charge on any atom is 0.328 e. The number of hydrogen-bond donors (Lipinski definition) is 6. The van der Waals surface area contributed by atoms with Crippen LogP contribution in [-0.2, 0) is 22.5 Å².